The Morgan fingerprint density at radius 2 is 1.53 bits per heavy atom. The van der Waals surface area contributed by atoms with Crippen LogP contribution < -0.4 is 11.0 Å². The molecule has 1 aliphatic heterocycles. The van der Waals surface area contributed by atoms with Gasteiger partial charge in [-0.1, -0.05) is 49.2 Å². The van der Waals surface area contributed by atoms with Crippen molar-refractivity contribution >= 4 is 16.9 Å². The molecule has 1 fully saturated rings. The molecule has 1 aliphatic rings. The quantitative estimate of drug-likeness (QED) is 0.685. The number of para-hydroxylation sites is 2. The third-order valence-electron chi connectivity index (χ3n) is 5.97. The Bertz CT molecular complexity index is 1060. The molecule has 1 saturated heterocycles. The number of hydrogen-bond acceptors (Lipinski definition) is 3. The van der Waals surface area contributed by atoms with E-state index in [0.717, 1.165) is 23.1 Å². The first kappa shape index (κ1) is 20.4. The lowest BCUT2D eigenvalue weighted by molar-refractivity contribution is -0.121. The summed E-state index contributed by atoms with van der Waals surface area (Å²) < 4.78 is 3.10. The van der Waals surface area contributed by atoms with E-state index in [4.69, 9.17) is 0 Å². The van der Waals surface area contributed by atoms with E-state index in [1.165, 1.54) is 48.9 Å². The molecule has 0 saturated carbocycles. The van der Waals surface area contributed by atoms with Crippen molar-refractivity contribution in [2.45, 2.75) is 45.3 Å². The Morgan fingerprint density at radius 1 is 0.900 bits per heavy atom. The zero-order chi connectivity index (χ0) is 20.9. The van der Waals surface area contributed by atoms with Crippen molar-refractivity contribution in [1.82, 2.24) is 19.4 Å². The SMILES string of the molecule is Cn1c(=O)n(CC(=O)NCc2ccc(CN3CCCCCC3)cc2)c2ccccc21. The summed E-state index contributed by atoms with van der Waals surface area (Å²) in [5, 5.41) is 2.94. The summed E-state index contributed by atoms with van der Waals surface area (Å²) in [7, 11) is 1.73. The summed E-state index contributed by atoms with van der Waals surface area (Å²) in [6, 6.07) is 16.0. The molecule has 6 nitrogen and oxygen atoms in total. The van der Waals surface area contributed by atoms with E-state index in [1.54, 1.807) is 11.6 Å². The summed E-state index contributed by atoms with van der Waals surface area (Å²) in [6.07, 6.45) is 5.29. The van der Waals surface area contributed by atoms with Crippen LogP contribution in [-0.4, -0.2) is 33.0 Å². The van der Waals surface area contributed by atoms with E-state index >= 15 is 0 Å². The molecular formula is C24H30N4O2. The van der Waals surface area contributed by atoms with Crippen LogP contribution in [-0.2, 0) is 31.5 Å². The molecule has 2 heterocycles. The number of nitrogens with one attached hydrogen (secondary N) is 1. The number of rotatable bonds is 6. The van der Waals surface area contributed by atoms with Gasteiger partial charge in [-0.3, -0.25) is 18.8 Å². The van der Waals surface area contributed by atoms with Crippen molar-refractivity contribution in [3.8, 4) is 0 Å². The van der Waals surface area contributed by atoms with E-state index < -0.39 is 0 Å². The molecular weight excluding hydrogens is 376 g/mol. The second-order valence-electron chi connectivity index (χ2n) is 8.20. The molecule has 0 aliphatic carbocycles. The maximum absolute atomic E-state index is 12.5. The van der Waals surface area contributed by atoms with E-state index in [0.29, 0.717) is 6.54 Å². The summed E-state index contributed by atoms with van der Waals surface area (Å²) >= 11 is 0. The number of nitrogens with zero attached hydrogens (tertiary/aromatic N) is 3. The van der Waals surface area contributed by atoms with E-state index in [1.807, 2.05) is 24.3 Å². The minimum atomic E-state index is -0.177. The van der Waals surface area contributed by atoms with Crippen molar-refractivity contribution in [3.63, 3.8) is 0 Å². The van der Waals surface area contributed by atoms with Crippen LogP contribution in [0, 0.1) is 0 Å². The monoisotopic (exact) mass is 406 g/mol. The molecule has 4 rings (SSSR count). The average molecular weight is 407 g/mol. The Balaban J connectivity index is 1.33. The van der Waals surface area contributed by atoms with E-state index in [-0.39, 0.29) is 18.1 Å². The number of imidazole rings is 1. The number of hydrogen-bond donors (Lipinski definition) is 1. The summed E-state index contributed by atoms with van der Waals surface area (Å²) in [6.45, 7) is 3.85. The molecule has 1 N–H and O–H groups in total. The van der Waals surface area contributed by atoms with Crippen LogP contribution in [0.3, 0.4) is 0 Å². The fourth-order valence-electron chi connectivity index (χ4n) is 4.23. The van der Waals surface area contributed by atoms with Crippen molar-refractivity contribution < 1.29 is 4.79 Å². The van der Waals surface area contributed by atoms with Gasteiger partial charge in [0.25, 0.3) is 0 Å². The normalized spacial score (nSPS) is 15.2. The zero-order valence-electron chi connectivity index (χ0n) is 17.6. The van der Waals surface area contributed by atoms with Gasteiger partial charge in [0, 0.05) is 20.1 Å². The van der Waals surface area contributed by atoms with Crippen LogP contribution in [0.2, 0.25) is 0 Å². The molecule has 0 atom stereocenters. The molecule has 0 bridgehead atoms. The number of likely N-dealkylation sites (tertiary alicyclic amines) is 1. The predicted octanol–water partition coefficient (Wildman–Crippen LogP) is 3.03. The number of aromatic nitrogens is 2. The smallest absolute Gasteiger partial charge is 0.329 e. The van der Waals surface area contributed by atoms with Gasteiger partial charge in [-0.05, 0) is 49.2 Å². The highest BCUT2D eigenvalue weighted by molar-refractivity contribution is 5.80. The largest absolute Gasteiger partial charge is 0.350 e. The second-order valence-corrected chi connectivity index (χ2v) is 8.20. The highest BCUT2D eigenvalue weighted by Crippen LogP contribution is 2.14. The van der Waals surface area contributed by atoms with Crippen LogP contribution in [0.4, 0.5) is 0 Å². The van der Waals surface area contributed by atoms with Gasteiger partial charge in [0.05, 0.1) is 11.0 Å². The first-order valence-electron chi connectivity index (χ1n) is 10.8. The molecule has 1 aromatic heterocycles. The Hall–Kier alpha value is -2.86. The van der Waals surface area contributed by atoms with Crippen LogP contribution >= 0.6 is 0 Å². The summed E-state index contributed by atoms with van der Waals surface area (Å²) in [4.78, 5) is 27.5. The number of carbonyl (C=O) groups is 1. The van der Waals surface area contributed by atoms with Crippen molar-refractivity contribution in [3.05, 3.63) is 70.1 Å². The standard InChI is InChI=1S/C24H30N4O2/c1-26-21-8-4-5-9-22(21)28(24(26)30)18-23(29)25-16-19-10-12-20(13-11-19)17-27-14-6-2-3-7-15-27/h4-5,8-13H,2-3,6-7,14-18H2,1H3,(H,25,29). The molecule has 1 amide bonds. The van der Waals surface area contributed by atoms with E-state index in [2.05, 4.69) is 34.5 Å². The van der Waals surface area contributed by atoms with Gasteiger partial charge in [-0.2, -0.15) is 0 Å². The highest BCUT2D eigenvalue weighted by atomic mass is 16.2. The lowest BCUT2D eigenvalue weighted by Crippen LogP contribution is -2.32. The van der Waals surface area contributed by atoms with Crippen molar-refractivity contribution in [1.29, 1.82) is 0 Å². The average Bonchev–Trinajstić information content (AvgIpc) is 2.94. The van der Waals surface area contributed by atoms with Gasteiger partial charge in [0.2, 0.25) is 5.91 Å². The molecule has 0 radical (unpaired) electrons. The van der Waals surface area contributed by atoms with Crippen LogP contribution in [0.1, 0.15) is 36.8 Å². The first-order valence-corrected chi connectivity index (χ1v) is 10.8. The van der Waals surface area contributed by atoms with Crippen molar-refractivity contribution in [2.75, 3.05) is 13.1 Å². The van der Waals surface area contributed by atoms with Crippen LogP contribution in [0.15, 0.2) is 53.3 Å². The summed E-state index contributed by atoms with van der Waals surface area (Å²) in [5.41, 5.74) is 3.81. The minimum Gasteiger partial charge on any atom is -0.350 e. The van der Waals surface area contributed by atoms with Crippen LogP contribution in [0.25, 0.3) is 11.0 Å². The number of fused-ring (bicyclic) bond motifs is 1. The van der Waals surface area contributed by atoms with Gasteiger partial charge in [0.15, 0.2) is 0 Å². The second kappa shape index (κ2) is 9.30. The van der Waals surface area contributed by atoms with E-state index in [9.17, 15) is 9.59 Å². The predicted molar refractivity (Wildman–Crippen MR) is 119 cm³/mol. The fraction of sp³-hybridized carbons (Fsp3) is 0.417. The highest BCUT2D eigenvalue weighted by Gasteiger charge is 2.13. The van der Waals surface area contributed by atoms with Gasteiger partial charge in [-0.15, -0.1) is 0 Å². The molecule has 0 unspecified atom stereocenters. The number of carbonyl (C=O) groups excluding carboxylic acids is 1. The Labute approximate surface area is 177 Å². The fourth-order valence-corrected chi connectivity index (χ4v) is 4.23. The molecule has 6 heteroatoms. The summed E-state index contributed by atoms with van der Waals surface area (Å²) in [5.74, 6) is -0.165. The number of benzene rings is 2. The zero-order valence-corrected chi connectivity index (χ0v) is 17.6. The van der Waals surface area contributed by atoms with Gasteiger partial charge in [-0.25, -0.2) is 4.79 Å². The molecule has 0 spiro atoms. The molecule has 158 valence electrons. The minimum absolute atomic E-state index is 0.0211. The third kappa shape index (κ3) is 4.65. The number of aryl methyl sites for hydroxylation is 1. The van der Waals surface area contributed by atoms with Gasteiger partial charge < -0.3 is 5.32 Å². The molecule has 30 heavy (non-hydrogen) atoms. The maximum Gasteiger partial charge on any atom is 0.329 e. The Kier molecular flexibility index (Phi) is 6.33. The molecule has 2 aromatic carbocycles. The Morgan fingerprint density at radius 3 is 2.23 bits per heavy atom. The van der Waals surface area contributed by atoms with Gasteiger partial charge >= 0.3 is 5.69 Å². The van der Waals surface area contributed by atoms with Crippen LogP contribution in [0.5, 0.6) is 0 Å². The first-order chi connectivity index (χ1) is 14.6. The molecule has 3 aromatic rings. The lowest BCUT2D eigenvalue weighted by atomic mass is 10.1. The van der Waals surface area contributed by atoms with Crippen molar-refractivity contribution in [2.24, 2.45) is 7.05 Å². The topological polar surface area (TPSA) is 59.3 Å². The lowest BCUT2D eigenvalue weighted by Gasteiger charge is -2.19. The number of amides is 1. The van der Waals surface area contributed by atoms with Gasteiger partial charge in [0.1, 0.15) is 6.54 Å². The third-order valence-corrected chi connectivity index (χ3v) is 5.97. The maximum atomic E-state index is 12.5.